The fourth-order valence-electron chi connectivity index (χ4n) is 4.17. The predicted molar refractivity (Wildman–Crippen MR) is 120 cm³/mol. The average molecular weight is 442 g/mol. The number of aliphatic hydroxyl groups excluding tert-OH is 1. The summed E-state index contributed by atoms with van der Waals surface area (Å²) in [6.07, 6.45) is 7.67. The number of hydrogen-bond acceptors (Lipinski definition) is 7. The molecule has 2 saturated heterocycles. The third-order valence-corrected chi connectivity index (χ3v) is 6.01. The van der Waals surface area contributed by atoms with Gasteiger partial charge in [-0.25, -0.2) is 9.97 Å². The summed E-state index contributed by atoms with van der Waals surface area (Å²) in [6, 6.07) is 0.166. The molecule has 4 rings (SSSR count). The minimum atomic E-state index is -0.603. The Morgan fingerprint density at radius 2 is 2.13 bits per heavy atom. The molecule has 0 saturated carbocycles. The summed E-state index contributed by atoms with van der Waals surface area (Å²) in [6.45, 7) is 6.28. The van der Waals surface area contributed by atoms with Crippen LogP contribution in [-0.4, -0.2) is 52.0 Å². The normalized spacial score (nSPS) is 23.5. The van der Waals surface area contributed by atoms with Crippen molar-refractivity contribution in [2.75, 3.05) is 25.1 Å². The van der Waals surface area contributed by atoms with Crippen molar-refractivity contribution in [1.82, 2.24) is 20.3 Å². The number of hydrogen-bond donors (Lipinski definition) is 3. The molecule has 2 aromatic rings. The molecule has 0 amide bonds. The Morgan fingerprint density at radius 1 is 1.26 bits per heavy atom. The van der Waals surface area contributed by atoms with Gasteiger partial charge < -0.3 is 20.5 Å². The number of nitrogens with one attached hydrogen (secondary N) is 2. The summed E-state index contributed by atoms with van der Waals surface area (Å²) in [5.41, 5.74) is 3.78. The van der Waals surface area contributed by atoms with Crippen LogP contribution in [-0.2, 0) is 4.74 Å². The highest BCUT2D eigenvalue weighted by molar-refractivity contribution is 6.31. The van der Waals surface area contributed by atoms with E-state index in [4.69, 9.17) is 16.3 Å². The summed E-state index contributed by atoms with van der Waals surface area (Å²) >= 11 is 6.32. The Bertz CT molecular complexity index is 982. The lowest BCUT2D eigenvalue weighted by Crippen LogP contribution is -2.42. The number of rotatable bonds is 4. The van der Waals surface area contributed by atoms with Crippen molar-refractivity contribution >= 4 is 17.5 Å². The van der Waals surface area contributed by atoms with Gasteiger partial charge in [-0.1, -0.05) is 31.4 Å². The van der Waals surface area contributed by atoms with E-state index in [1.165, 1.54) is 23.7 Å². The Hall–Kier alpha value is -2.24. The standard InChI is InChI=1S/C23H28ClN5O2/c1-14(2)22-15(10-25-11-16(22)18-4-3-8-26-18)5-6-19-17(24)12-27-23(28-19)29-20-7-9-31-13-21(20)30/h10-12,14,18,20-21,26,30H,3-4,7-9,13H2,1-2H3,(H,27,28,29)/t18-,20-,21-/m1/s1. The number of anilines is 1. The van der Waals surface area contributed by atoms with E-state index in [1.807, 2.05) is 12.4 Å². The molecule has 2 aliphatic heterocycles. The molecule has 4 heterocycles. The topological polar surface area (TPSA) is 92.2 Å². The highest BCUT2D eigenvalue weighted by Gasteiger charge is 2.25. The molecular weight excluding hydrogens is 414 g/mol. The first-order chi connectivity index (χ1) is 15.0. The lowest BCUT2D eigenvalue weighted by Gasteiger charge is -2.28. The van der Waals surface area contributed by atoms with Gasteiger partial charge in [0.25, 0.3) is 0 Å². The first kappa shape index (κ1) is 22.0. The van der Waals surface area contributed by atoms with Gasteiger partial charge in [-0.15, -0.1) is 0 Å². The van der Waals surface area contributed by atoms with E-state index in [1.54, 1.807) is 0 Å². The number of ether oxygens (including phenoxy) is 1. The summed E-state index contributed by atoms with van der Waals surface area (Å²) in [5, 5.41) is 17.2. The fraction of sp³-hybridized carbons (Fsp3) is 0.522. The maximum Gasteiger partial charge on any atom is 0.224 e. The van der Waals surface area contributed by atoms with Gasteiger partial charge in [0.15, 0.2) is 0 Å². The minimum Gasteiger partial charge on any atom is -0.389 e. The van der Waals surface area contributed by atoms with Crippen LogP contribution in [0.5, 0.6) is 0 Å². The summed E-state index contributed by atoms with van der Waals surface area (Å²) in [7, 11) is 0. The number of halogens is 1. The summed E-state index contributed by atoms with van der Waals surface area (Å²) in [5.74, 6) is 7.07. The van der Waals surface area contributed by atoms with Gasteiger partial charge in [-0.3, -0.25) is 4.98 Å². The second kappa shape index (κ2) is 9.92. The molecule has 3 atom stereocenters. The van der Waals surface area contributed by atoms with Crippen molar-refractivity contribution in [3.05, 3.63) is 46.0 Å². The zero-order valence-electron chi connectivity index (χ0n) is 17.9. The van der Waals surface area contributed by atoms with Gasteiger partial charge >= 0.3 is 0 Å². The molecule has 0 aliphatic carbocycles. The van der Waals surface area contributed by atoms with Gasteiger partial charge in [-0.05, 0) is 48.8 Å². The van der Waals surface area contributed by atoms with Gasteiger partial charge in [0.2, 0.25) is 5.95 Å². The van der Waals surface area contributed by atoms with Crippen LogP contribution in [0.25, 0.3) is 0 Å². The lowest BCUT2D eigenvalue weighted by atomic mass is 9.90. The van der Waals surface area contributed by atoms with Crippen LogP contribution in [0.1, 0.15) is 67.5 Å². The quantitative estimate of drug-likeness (QED) is 0.628. The smallest absolute Gasteiger partial charge is 0.224 e. The molecular formula is C23H28ClN5O2. The molecule has 2 aromatic heterocycles. The fourth-order valence-corrected chi connectivity index (χ4v) is 4.30. The van der Waals surface area contributed by atoms with Crippen LogP contribution in [0.2, 0.25) is 5.02 Å². The monoisotopic (exact) mass is 441 g/mol. The Morgan fingerprint density at radius 3 is 2.87 bits per heavy atom. The minimum absolute atomic E-state index is 0.164. The van der Waals surface area contributed by atoms with Crippen molar-refractivity contribution in [2.45, 2.75) is 57.2 Å². The highest BCUT2D eigenvalue weighted by Crippen LogP contribution is 2.31. The molecule has 2 aliphatic rings. The van der Waals surface area contributed by atoms with E-state index in [9.17, 15) is 5.11 Å². The van der Waals surface area contributed by atoms with Gasteiger partial charge in [0.1, 0.15) is 5.69 Å². The van der Waals surface area contributed by atoms with Crippen molar-refractivity contribution in [3.63, 3.8) is 0 Å². The molecule has 0 aromatic carbocycles. The van der Waals surface area contributed by atoms with E-state index in [0.717, 1.165) is 18.5 Å². The maximum atomic E-state index is 10.1. The van der Waals surface area contributed by atoms with Crippen LogP contribution in [0.4, 0.5) is 5.95 Å². The van der Waals surface area contributed by atoms with Crippen molar-refractivity contribution < 1.29 is 9.84 Å². The molecule has 8 heteroatoms. The molecule has 0 unspecified atom stereocenters. The second-order valence-corrected chi connectivity index (χ2v) is 8.72. The molecule has 0 bridgehead atoms. The summed E-state index contributed by atoms with van der Waals surface area (Å²) in [4.78, 5) is 13.2. The van der Waals surface area contributed by atoms with E-state index in [-0.39, 0.29) is 6.04 Å². The van der Waals surface area contributed by atoms with E-state index >= 15 is 0 Å². The SMILES string of the molecule is CC(C)c1c(C#Cc2nc(N[C@@H]3CCOC[C@H]3O)ncc2Cl)cncc1[C@H]1CCCN1. The van der Waals surface area contributed by atoms with Gasteiger partial charge in [-0.2, -0.15) is 0 Å². The Labute approximate surface area is 188 Å². The number of aliphatic hydroxyl groups is 1. The predicted octanol–water partition coefficient (Wildman–Crippen LogP) is 3.03. The maximum absolute atomic E-state index is 10.1. The summed E-state index contributed by atoms with van der Waals surface area (Å²) < 4.78 is 5.27. The van der Waals surface area contributed by atoms with Crippen LogP contribution >= 0.6 is 11.6 Å². The van der Waals surface area contributed by atoms with Crippen molar-refractivity contribution in [2.24, 2.45) is 0 Å². The van der Waals surface area contributed by atoms with Crippen LogP contribution in [0, 0.1) is 11.8 Å². The van der Waals surface area contributed by atoms with Crippen LogP contribution in [0.3, 0.4) is 0 Å². The average Bonchev–Trinajstić information content (AvgIpc) is 3.30. The first-order valence-corrected chi connectivity index (χ1v) is 11.2. The van der Waals surface area contributed by atoms with E-state index in [2.05, 4.69) is 51.3 Å². The molecule has 2 fully saturated rings. The largest absolute Gasteiger partial charge is 0.389 e. The second-order valence-electron chi connectivity index (χ2n) is 8.32. The first-order valence-electron chi connectivity index (χ1n) is 10.8. The zero-order chi connectivity index (χ0) is 21.8. The van der Waals surface area contributed by atoms with E-state index < -0.39 is 6.10 Å². The lowest BCUT2D eigenvalue weighted by molar-refractivity contribution is -0.0136. The molecule has 7 nitrogen and oxygen atoms in total. The molecule has 3 N–H and O–H groups in total. The third-order valence-electron chi connectivity index (χ3n) is 5.73. The Balaban J connectivity index is 1.62. The highest BCUT2D eigenvalue weighted by atomic mass is 35.5. The number of aromatic nitrogens is 3. The number of nitrogens with zero attached hydrogens (tertiary/aromatic N) is 3. The number of pyridine rings is 1. The van der Waals surface area contributed by atoms with Crippen molar-refractivity contribution in [1.29, 1.82) is 0 Å². The molecule has 31 heavy (non-hydrogen) atoms. The van der Waals surface area contributed by atoms with E-state index in [0.29, 0.717) is 48.3 Å². The van der Waals surface area contributed by atoms with Gasteiger partial charge in [0, 0.05) is 30.6 Å². The molecule has 0 radical (unpaired) electrons. The zero-order valence-corrected chi connectivity index (χ0v) is 18.6. The Kier molecular flexibility index (Phi) is 7.03. The van der Waals surface area contributed by atoms with Crippen LogP contribution < -0.4 is 10.6 Å². The van der Waals surface area contributed by atoms with Crippen LogP contribution in [0.15, 0.2) is 18.6 Å². The van der Waals surface area contributed by atoms with Crippen molar-refractivity contribution in [3.8, 4) is 11.8 Å². The third kappa shape index (κ3) is 5.16. The molecule has 0 spiro atoms. The molecule has 164 valence electrons. The van der Waals surface area contributed by atoms with Gasteiger partial charge in [0.05, 0.1) is 30.0 Å².